The summed E-state index contributed by atoms with van der Waals surface area (Å²) in [5.41, 5.74) is 6.98. The Kier molecular flexibility index (Phi) is 8.95. The van der Waals surface area contributed by atoms with E-state index in [9.17, 15) is 0 Å². The molecule has 2 heterocycles. The van der Waals surface area contributed by atoms with Crippen molar-refractivity contribution >= 4 is 0 Å². The van der Waals surface area contributed by atoms with Crippen LogP contribution in [0.4, 0.5) is 0 Å². The lowest BCUT2D eigenvalue weighted by Gasteiger charge is -2.31. The normalized spacial score (nSPS) is 14.9. The molecule has 0 bridgehead atoms. The number of tetrazole rings is 1. The van der Waals surface area contributed by atoms with Gasteiger partial charge in [-0.1, -0.05) is 69.3 Å². The van der Waals surface area contributed by atoms with Crippen LogP contribution < -0.4 is 0 Å². The number of nitrogens with one attached hydrogen (secondary N) is 1. The van der Waals surface area contributed by atoms with E-state index in [4.69, 9.17) is 9.47 Å². The number of ether oxygens (including phenoxy) is 2. The van der Waals surface area contributed by atoms with Crippen molar-refractivity contribution in [3.8, 4) is 22.5 Å². The van der Waals surface area contributed by atoms with Crippen molar-refractivity contribution in [2.24, 2.45) is 5.92 Å². The lowest BCUT2D eigenvalue weighted by atomic mass is 9.98. The molecule has 1 aliphatic heterocycles. The summed E-state index contributed by atoms with van der Waals surface area (Å²) in [5.74, 6) is 1.29. The summed E-state index contributed by atoms with van der Waals surface area (Å²) < 4.78 is 11.6. The molecule has 0 spiro atoms. The fourth-order valence-electron chi connectivity index (χ4n) is 4.94. The summed E-state index contributed by atoms with van der Waals surface area (Å²) in [6.07, 6.45) is 2.81. The van der Waals surface area contributed by atoms with Crippen molar-refractivity contribution in [1.82, 2.24) is 30.4 Å². The molecule has 8 nitrogen and oxygen atoms in total. The van der Waals surface area contributed by atoms with Gasteiger partial charge in [-0.2, -0.15) is 0 Å². The van der Waals surface area contributed by atoms with Gasteiger partial charge in [-0.15, -0.1) is 5.10 Å². The van der Waals surface area contributed by atoms with Crippen LogP contribution in [-0.4, -0.2) is 63.6 Å². The first-order valence-electron chi connectivity index (χ1n) is 13.2. The molecule has 0 aliphatic carbocycles. The van der Waals surface area contributed by atoms with E-state index in [1.165, 1.54) is 17.0 Å². The molecule has 0 fully saturated rings. The van der Waals surface area contributed by atoms with Crippen LogP contribution in [-0.2, 0) is 16.0 Å². The molecule has 0 saturated carbocycles. The first-order valence-corrected chi connectivity index (χ1v) is 13.2. The Morgan fingerprint density at radius 3 is 2.27 bits per heavy atom. The Labute approximate surface area is 220 Å². The number of allylic oxidation sites excluding steroid dienone is 1. The van der Waals surface area contributed by atoms with Crippen LogP contribution in [0.1, 0.15) is 52.5 Å². The summed E-state index contributed by atoms with van der Waals surface area (Å²) >= 11 is 0. The van der Waals surface area contributed by atoms with Crippen molar-refractivity contribution < 1.29 is 9.47 Å². The number of methoxy groups -OCH3 is 2. The Bertz CT molecular complexity index is 1160. The molecule has 1 unspecified atom stereocenters. The quantitative estimate of drug-likeness (QED) is 0.318. The predicted octanol–water partition coefficient (Wildman–Crippen LogP) is 5.67. The summed E-state index contributed by atoms with van der Waals surface area (Å²) in [4.78, 5) is 4.96. The molecule has 2 aromatic carbocycles. The smallest absolute Gasteiger partial charge is 0.200 e. The number of hydrogen-bond acceptors (Lipinski definition) is 7. The van der Waals surface area contributed by atoms with Crippen molar-refractivity contribution in [1.29, 1.82) is 0 Å². The Hall–Kier alpha value is -3.23. The second-order valence-corrected chi connectivity index (χ2v) is 10.1. The molecular weight excluding hydrogens is 464 g/mol. The van der Waals surface area contributed by atoms with Gasteiger partial charge < -0.3 is 19.3 Å². The maximum Gasteiger partial charge on any atom is 0.200 e. The van der Waals surface area contributed by atoms with Gasteiger partial charge in [0.2, 0.25) is 0 Å². The SMILES string of the molecule is CCC(C)N1CN(Cc2ccc(-c3ccccc3-c3nnn[nH]3)cc2)C(CCC(C)C)=C1C(OC)OC. The van der Waals surface area contributed by atoms with Crippen molar-refractivity contribution in [2.45, 2.75) is 65.8 Å². The molecule has 8 heteroatoms. The number of hydrogen-bond donors (Lipinski definition) is 1. The standard InChI is InChI=1S/C29H40N6O2/c1-7-21(4)35-19-34(26(17-12-20(2)3)27(35)29(36-5)37-6)18-22-13-15-23(16-14-22)24-10-8-9-11-25(24)28-30-32-33-31-28/h8-11,13-16,20-21,29H,7,12,17-19H2,1-6H3,(H,30,31,32,33). The summed E-state index contributed by atoms with van der Waals surface area (Å²) in [6.45, 7) is 10.7. The molecule has 3 aromatic rings. The zero-order chi connectivity index (χ0) is 26.4. The minimum absolute atomic E-state index is 0.370. The van der Waals surface area contributed by atoms with Gasteiger partial charge in [0.05, 0.1) is 12.4 Å². The summed E-state index contributed by atoms with van der Waals surface area (Å²) in [7, 11) is 3.45. The summed E-state index contributed by atoms with van der Waals surface area (Å²) in [6, 6.07) is 17.4. The first kappa shape index (κ1) is 26.8. The molecule has 37 heavy (non-hydrogen) atoms. The van der Waals surface area contributed by atoms with Crippen LogP contribution in [0.2, 0.25) is 0 Å². The van der Waals surface area contributed by atoms with Crippen LogP contribution in [0.25, 0.3) is 22.5 Å². The number of benzene rings is 2. The van der Waals surface area contributed by atoms with E-state index in [-0.39, 0.29) is 6.29 Å². The average Bonchev–Trinajstić information content (AvgIpc) is 3.57. The predicted molar refractivity (Wildman–Crippen MR) is 146 cm³/mol. The van der Waals surface area contributed by atoms with Gasteiger partial charge in [-0.3, -0.25) is 0 Å². The fourth-order valence-corrected chi connectivity index (χ4v) is 4.94. The van der Waals surface area contributed by atoms with E-state index in [1.54, 1.807) is 14.2 Å². The minimum atomic E-state index is -0.370. The van der Waals surface area contributed by atoms with Crippen molar-refractivity contribution in [2.75, 3.05) is 20.9 Å². The van der Waals surface area contributed by atoms with Crippen molar-refractivity contribution in [3.63, 3.8) is 0 Å². The van der Waals surface area contributed by atoms with E-state index in [1.807, 2.05) is 18.2 Å². The molecule has 198 valence electrons. The second-order valence-electron chi connectivity index (χ2n) is 10.1. The van der Waals surface area contributed by atoms with Gasteiger partial charge in [0, 0.05) is 38.1 Å². The molecule has 1 atom stereocenters. The Morgan fingerprint density at radius 2 is 1.68 bits per heavy atom. The van der Waals surface area contributed by atoms with Gasteiger partial charge in [0.25, 0.3) is 0 Å². The molecule has 0 amide bonds. The molecule has 1 aliphatic rings. The lowest BCUT2D eigenvalue weighted by Crippen LogP contribution is -2.37. The minimum Gasteiger partial charge on any atom is -0.351 e. The van der Waals surface area contributed by atoms with E-state index in [0.29, 0.717) is 17.8 Å². The summed E-state index contributed by atoms with van der Waals surface area (Å²) in [5, 5.41) is 14.5. The van der Waals surface area contributed by atoms with Crippen LogP contribution >= 0.6 is 0 Å². The highest BCUT2D eigenvalue weighted by molar-refractivity contribution is 5.80. The fraction of sp³-hybridized carbons (Fsp3) is 0.483. The number of nitrogens with zero attached hydrogens (tertiary/aromatic N) is 5. The molecular formula is C29H40N6O2. The zero-order valence-corrected chi connectivity index (χ0v) is 22.9. The van der Waals surface area contributed by atoms with Gasteiger partial charge in [-0.05, 0) is 59.2 Å². The maximum absolute atomic E-state index is 5.79. The van der Waals surface area contributed by atoms with E-state index in [0.717, 1.165) is 49.2 Å². The molecule has 1 aromatic heterocycles. The number of rotatable bonds is 12. The van der Waals surface area contributed by atoms with E-state index >= 15 is 0 Å². The van der Waals surface area contributed by atoms with Crippen LogP contribution in [0.5, 0.6) is 0 Å². The third-order valence-electron chi connectivity index (χ3n) is 7.21. The average molecular weight is 505 g/mol. The monoisotopic (exact) mass is 504 g/mol. The van der Waals surface area contributed by atoms with E-state index in [2.05, 4.69) is 88.5 Å². The largest absolute Gasteiger partial charge is 0.351 e. The number of H-pyrrole nitrogens is 1. The highest BCUT2D eigenvalue weighted by Gasteiger charge is 2.35. The molecule has 0 radical (unpaired) electrons. The Balaban J connectivity index is 1.62. The van der Waals surface area contributed by atoms with Gasteiger partial charge in [0.15, 0.2) is 12.1 Å². The third-order valence-corrected chi connectivity index (χ3v) is 7.21. The van der Waals surface area contributed by atoms with Crippen molar-refractivity contribution in [3.05, 3.63) is 65.5 Å². The second kappa shape index (κ2) is 12.3. The molecule has 0 saturated heterocycles. The first-order chi connectivity index (χ1) is 18.0. The highest BCUT2D eigenvalue weighted by Crippen LogP contribution is 2.36. The zero-order valence-electron chi connectivity index (χ0n) is 22.9. The third kappa shape index (κ3) is 6.02. The van der Waals surface area contributed by atoms with Gasteiger partial charge in [-0.25, -0.2) is 5.10 Å². The number of aromatic amines is 1. The molecule has 4 rings (SSSR count). The van der Waals surface area contributed by atoms with Crippen LogP contribution in [0.3, 0.4) is 0 Å². The highest BCUT2D eigenvalue weighted by atomic mass is 16.7. The Morgan fingerprint density at radius 1 is 0.973 bits per heavy atom. The number of aromatic nitrogens is 4. The van der Waals surface area contributed by atoms with Gasteiger partial charge >= 0.3 is 0 Å². The maximum atomic E-state index is 5.79. The van der Waals surface area contributed by atoms with Crippen LogP contribution in [0.15, 0.2) is 59.9 Å². The molecule has 1 N–H and O–H groups in total. The topological polar surface area (TPSA) is 79.4 Å². The lowest BCUT2D eigenvalue weighted by molar-refractivity contribution is -0.0910. The van der Waals surface area contributed by atoms with Crippen LogP contribution in [0, 0.1) is 5.92 Å². The van der Waals surface area contributed by atoms with Gasteiger partial charge in [0.1, 0.15) is 0 Å². The van der Waals surface area contributed by atoms with E-state index < -0.39 is 0 Å².